The lowest BCUT2D eigenvalue weighted by Crippen LogP contribution is -2.44. The zero-order valence-electron chi connectivity index (χ0n) is 19.7. The van der Waals surface area contributed by atoms with Crippen LogP contribution in [0.2, 0.25) is 0 Å². The van der Waals surface area contributed by atoms with Crippen molar-refractivity contribution in [1.82, 2.24) is 9.29 Å². The van der Waals surface area contributed by atoms with Crippen LogP contribution < -0.4 is 19.9 Å². The standard InChI is InChI=1S/C25H29N3O6S/c1-27-11-12-34-23-14-18(9-10-20(23)27)35(31,32)28(19-6-4-7-21(19)29)15-17-13-16-5-3-8-22(33-2)24(16)26-25(17)30/h3,5,8-10,13-14,19,21,29H,4,6-7,11-12,15H2,1-2H3,(H,26,30)/t19-,21-/m0/s1. The normalized spacial score (nSPS) is 20.2. The van der Waals surface area contributed by atoms with Crippen molar-refractivity contribution in [2.75, 3.05) is 32.2 Å². The largest absolute Gasteiger partial charge is 0.495 e. The van der Waals surface area contributed by atoms with Crippen LogP contribution in [0.15, 0.2) is 52.2 Å². The summed E-state index contributed by atoms with van der Waals surface area (Å²) in [7, 11) is -0.599. The van der Waals surface area contributed by atoms with Crippen LogP contribution in [0, 0.1) is 0 Å². The smallest absolute Gasteiger partial charge is 0.253 e. The third-order valence-corrected chi connectivity index (χ3v) is 8.78. The molecule has 186 valence electrons. The van der Waals surface area contributed by atoms with Gasteiger partial charge in [0, 0.05) is 30.6 Å². The highest BCUT2D eigenvalue weighted by atomic mass is 32.2. The van der Waals surface area contributed by atoms with Crippen LogP contribution in [0.4, 0.5) is 5.69 Å². The highest BCUT2D eigenvalue weighted by Crippen LogP contribution is 2.36. The Hall–Kier alpha value is -3.08. The number of para-hydroxylation sites is 1. The molecule has 0 amide bonds. The fourth-order valence-electron chi connectivity index (χ4n) is 4.98. The van der Waals surface area contributed by atoms with E-state index in [2.05, 4.69) is 4.98 Å². The van der Waals surface area contributed by atoms with Gasteiger partial charge in [0.15, 0.2) is 0 Å². The monoisotopic (exact) mass is 499 g/mol. The van der Waals surface area contributed by atoms with Crippen LogP contribution in [0.25, 0.3) is 10.9 Å². The van der Waals surface area contributed by atoms with E-state index >= 15 is 0 Å². The maximum atomic E-state index is 13.9. The number of sulfonamides is 1. The van der Waals surface area contributed by atoms with E-state index in [-0.39, 0.29) is 11.4 Å². The summed E-state index contributed by atoms with van der Waals surface area (Å²) in [5, 5.41) is 11.4. The van der Waals surface area contributed by atoms with Gasteiger partial charge in [-0.15, -0.1) is 0 Å². The minimum absolute atomic E-state index is 0.0736. The zero-order chi connectivity index (χ0) is 24.7. The van der Waals surface area contributed by atoms with Crippen LogP contribution in [-0.2, 0) is 16.6 Å². The quantitative estimate of drug-likeness (QED) is 0.536. The fourth-order valence-corrected chi connectivity index (χ4v) is 6.65. The molecule has 1 fully saturated rings. The lowest BCUT2D eigenvalue weighted by molar-refractivity contribution is 0.110. The van der Waals surface area contributed by atoms with Gasteiger partial charge in [-0.25, -0.2) is 8.42 Å². The second-order valence-electron chi connectivity index (χ2n) is 9.06. The van der Waals surface area contributed by atoms with Crippen LogP contribution in [-0.4, -0.2) is 62.3 Å². The summed E-state index contributed by atoms with van der Waals surface area (Å²) >= 11 is 0. The molecule has 2 aromatic carbocycles. The van der Waals surface area contributed by atoms with Crippen molar-refractivity contribution in [1.29, 1.82) is 0 Å². The molecule has 2 aliphatic rings. The molecule has 2 N–H and O–H groups in total. The SMILES string of the molecule is COc1cccc2cc(CN([C@H]3CCC[C@@H]3O)S(=O)(=O)c3ccc4c(c3)OCCN4C)c(=O)[nH]c12. The zero-order valence-corrected chi connectivity index (χ0v) is 20.5. The van der Waals surface area contributed by atoms with E-state index in [4.69, 9.17) is 9.47 Å². The van der Waals surface area contributed by atoms with E-state index in [1.807, 2.05) is 24.1 Å². The van der Waals surface area contributed by atoms with E-state index in [1.165, 1.54) is 17.5 Å². The summed E-state index contributed by atoms with van der Waals surface area (Å²) in [4.78, 5) is 17.9. The lowest BCUT2D eigenvalue weighted by Gasteiger charge is -2.31. The molecule has 9 nitrogen and oxygen atoms in total. The number of aliphatic hydroxyl groups excluding tert-OH is 1. The van der Waals surface area contributed by atoms with Gasteiger partial charge in [0.25, 0.3) is 5.56 Å². The molecule has 0 bridgehead atoms. The van der Waals surface area contributed by atoms with Gasteiger partial charge < -0.3 is 24.5 Å². The Balaban J connectivity index is 1.57. The van der Waals surface area contributed by atoms with Crippen molar-refractivity contribution in [3.63, 3.8) is 0 Å². The number of hydrogen-bond acceptors (Lipinski definition) is 7. The Morgan fingerprint density at radius 2 is 2.06 bits per heavy atom. The number of rotatable bonds is 6. The number of aliphatic hydroxyl groups is 1. The van der Waals surface area contributed by atoms with Crippen LogP contribution in [0.5, 0.6) is 11.5 Å². The Kier molecular flexibility index (Phi) is 6.20. The first kappa shape index (κ1) is 23.7. The summed E-state index contributed by atoms with van der Waals surface area (Å²) in [5.41, 5.74) is 1.27. The number of fused-ring (bicyclic) bond motifs is 2. The first-order valence-electron chi connectivity index (χ1n) is 11.7. The number of pyridine rings is 1. The molecule has 3 aromatic rings. The second-order valence-corrected chi connectivity index (χ2v) is 11.0. The van der Waals surface area contributed by atoms with Gasteiger partial charge in [-0.2, -0.15) is 4.31 Å². The molecular weight excluding hydrogens is 470 g/mol. The maximum absolute atomic E-state index is 13.9. The number of likely N-dealkylation sites (N-methyl/N-ethyl adjacent to an activating group) is 1. The van der Waals surface area contributed by atoms with Crippen molar-refractivity contribution in [2.45, 2.75) is 42.8 Å². The molecule has 35 heavy (non-hydrogen) atoms. The number of nitrogens with one attached hydrogen (secondary N) is 1. The summed E-state index contributed by atoms with van der Waals surface area (Å²) in [6.07, 6.45) is 0.940. The lowest BCUT2D eigenvalue weighted by atomic mass is 10.1. The highest BCUT2D eigenvalue weighted by Gasteiger charge is 2.39. The molecule has 0 saturated heterocycles. The first-order chi connectivity index (χ1) is 16.8. The van der Waals surface area contributed by atoms with Gasteiger partial charge in [0.05, 0.1) is 41.9 Å². The van der Waals surface area contributed by atoms with Crippen molar-refractivity contribution in [3.05, 3.63) is 58.4 Å². The average molecular weight is 500 g/mol. The van der Waals surface area contributed by atoms with Crippen molar-refractivity contribution >= 4 is 26.6 Å². The number of aromatic amines is 1. The molecule has 5 rings (SSSR count). The molecule has 1 aliphatic heterocycles. The molecule has 0 radical (unpaired) electrons. The number of benzene rings is 2. The second kappa shape index (κ2) is 9.18. The van der Waals surface area contributed by atoms with E-state index in [1.54, 1.807) is 24.3 Å². The molecule has 2 atom stereocenters. The Morgan fingerprint density at radius 3 is 2.80 bits per heavy atom. The molecule has 1 saturated carbocycles. The highest BCUT2D eigenvalue weighted by molar-refractivity contribution is 7.89. The minimum Gasteiger partial charge on any atom is -0.495 e. The number of aromatic nitrogens is 1. The van der Waals surface area contributed by atoms with Crippen LogP contribution >= 0.6 is 0 Å². The number of methoxy groups -OCH3 is 1. The third-order valence-electron chi connectivity index (χ3n) is 6.91. The Bertz CT molecular complexity index is 1420. The van der Waals surface area contributed by atoms with Crippen molar-refractivity contribution in [3.8, 4) is 11.5 Å². The predicted octanol–water partition coefficient (Wildman–Crippen LogP) is 2.47. The molecular formula is C25H29N3O6S. The number of H-pyrrole nitrogens is 1. The third kappa shape index (κ3) is 4.26. The number of anilines is 1. The first-order valence-corrected chi connectivity index (χ1v) is 13.1. The fraction of sp³-hybridized carbons (Fsp3) is 0.400. The number of nitrogens with zero attached hydrogens (tertiary/aromatic N) is 2. The maximum Gasteiger partial charge on any atom is 0.253 e. The molecule has 1 aliphatic carbocycles. The molecule has 0 spiro atoms. The van der Waals surface area contributed by atoms with Gasteiger partial charge in [0.1, 0.15) is 18.1 Å². The van der Waals surface area contributed by atoms with Gasteiger partial charge in [-0.1, -0.05) is 12.1 Å². The van der Waals surface area contributed by atoms with Gasteiger partial charge in [0.2, 0.25) is 10.0 Å². The summed E-state index contributed by atoms with van der Waals surface area (Å²) in [6, 6.07) is 11.3. The van der Waals surface area contributed by atoms with Gasteiger partial charge in [-0.3, -0.25) is 4.79 Å². The molecule has 2 heterocycles. The van der Waals surface area contributed by atoms with Crippen LogP contribution in [0.1, 0.15) is 24.8 Å². The van der Waals surface area contributed by atoms with Gasteiger partial charge in [-0.05, 0) is 43.5 Å². The molecule has 0 unspecified atom stereocenters. The van der Waals surface area contributed by atoms with Crippen LogP contribution in [0.3, 0.4) is 0 Å². The summed E-state index contributed by atoms with van der Waals surface area (Å²) in [5.74, 6) is 1.03. The van der Waals surface area contributed by atoms with Crippen molar-refractivity contribution in [2.24, 2.45) is 0 Å². The Morgan fingerprint density at radius 1 is 1.23 bits per heavy atom. The molecule has 10 heteroatoms. The minimum atomic E-state index is -4.05. The summed E-state index contributed by atoms with van der Waals surface area (Å²) in [6.45, 7) is 1.02. The van der Waals surface area contributed by atoms with E-state index in [0.717, 1.165) is 17.6 Å². The summed E-state index contributed by atoms with van der Waals surface area (Å²) < 4.78 is 40.2. The van der Waals surface area contributed by atoms with Crippen molar-refractivity contribution < 1.29 is 23.0 Å². The van der Waals surface area contributed by atoms with E-state index in [0.29, 0.717) is 48.4 Å². The number of hydrogen-bond donors (Lipinski definition) is 2. The predicted molar refractivity (Wildman–Crippen MR) is 133 cm³/mol. The average Bonchev–Trinajstić information content (AvgIpc) is 3.27. The topological polar surface area (TPSA) is 112 Å². The van der Waals surface area contributed by atoms with E-state index < -0.39 is 27.7 Å². The number of ether oxygens (including phenoxy) is 2. The van der Waals surface area contributed by atoms with E-state index in [9.17, 15) is 18.3 Å². The molecule has 1 aromatic heterocycles. The Labute approximate surface area is 203 Å². The van der Waals surface area contributed by atoms with Gasteiger partial charge >= 0.3 is 0 Å².